The fourth-order valence-corrected chi connectivity index (χ4v) is 2.35. The first kappa shape index (κ1) is 16.0. The third-order valence-electron chi connectivity index (χ3n) is 3.16. The van der Waals surface area contributed by atoms with Crippen LogP contribution in [0.15, 0.2) is 33.5 Å². The molecule has 0 amide bonds. The molecule has 0 radical (unpaired) electrons. The predicted octanol–water partition coefficient (Wildman–Crippen LogP) is 4.56. The van der Waals surface area contributed by atoms with Gasteiger partial charge in [-0.2, -0.15) is 0 Å². The van der Waals surface area contributed by atoms with E-state index in [1.54, 1.807) is 6.26 Å². The van der Waals surface area contributed by atoms with Crippen LogP contribution in [0.25, 0.3) is 0 Å². The van der Waals surface area contributed by atoms with Crippen LogP contribution in [-0.4, -0.2) is 16.0 Å². The molecule has 0 fully saturated rings. The summed E-state index contributed by atoms with van der Waals surface area (Å²) >= 11 is 3.46. The van der Waals surface area contributed by atoms with Crippen LogP contribution in [0.1, 0.15) is 45.7 Å². The van der Waals surface area contributed by atoms with Crippen molar-refractivity contribution >= 4 is 21.7 Å². The number of anilines is 1. The van der Waals surface area contributed by atoms with E-state index in [2.05, 4.69) is 58.9 Å². The highest BCUT2D eigenvalue weighted by atomic mass is 79.9. The maximum absolute atomic E-state index is 5.36. The summed E-state index contributed by atoms with van der Waals surface area (Å²) in [7, 11) is 0. The molecule has 0 aromatic carbocycles. The lowest BCUT2D eigenvalue weighted by molar-refractivity contribution is 0.494. The Balaban J connectivity index is 2.00. The summed E-state index contributed by atoms with van der Waals surface area (Å²) in [6, 6.07) is 6.15. The van der Waals surface area contributed by atoms with E-state index in [4.69, 9.17) is 4.42 Å². The van der Waals surface area contributed by atoms with Gasteiger partial charge in [0, 0.05) is 23.9 Å². The van der Waals surface area contributed by atoms with E-state index >= 15 is 0 Å². The fraction of sp³-hybridized carbons (Fsp3) is 0.500. The molecule has 2 aromatic rings. The van der Waals surface area contributed by atoms with E-state index in [-0.39, 0.29) is 5.41 Å². The summed E-state index contributed by atoms with van der Waals surface area (Å²) in [6.45, 7) is 8.48. The van der Waals surface area contributed by atoms with Crippen molar-refractivity contribution in [3.8, 4) is 0 Å². The minimum atomic E-state index is -0.0718. The Hall–Kier alpha value is -1.36. The quantitative estimate of drug-likeness (QED) is 0.802. The molecular formula is C16H22BrN3O. The summed E-state index contributed by atoms with van der Waals surface area (Å²) in [6.07, 6.45) is 3.62. The monoisotopic (exact) mass is 351 g/mol. The van der Waals surface area contributed by atoms with Crippen LogP contribution in [-0.2, 0) is 11.8 Å². The van der Waals surface area contributed by atoms with Gasteiger partial charge >= 0.3 is 0 Å². The molecule has 0 aliphatic carbocycles. The molecule has 0 saturated carbocycles. The van der Waals surface area contributed by atoms with E-state index in [1.807, 2.05) is 18.2 Å². The topological polar surface area (TPSA) is 51.0 Å². The third-order valence-corrected chi connectivity index (χ3v) is 3.57. The minimum Gasteiger partial charge on any atom is -0.469 e. The van der Waals surface area contributed by atoms with Crippen molar-refractivity contribution in [2.75, 3.05) is 5.32 Å². The van der Waals surface area contributed by atoms with E-state index in [0.29, 0.717) is 6.04 Å². The van der Waals surface area contributed by atoms with Gasteiger partial charge in [-0.05, 0) is 41.4 Å². The van der Waals surface area contributed by atoms with Crippen molar-refractivity contribution in [1.82, 2.24) is 9.97 Å². The zero-order valence-corrected chi connectivity index (χ0v) is 14.6. The van der Waals surface area contributed by atoms with Crippen molar-refractivity contribution in [2.24, 2.45) is 0 Å². The summed E-state index contributed by atoms with van der Waals surface area (Å²) in [5.41, 5.74) is -0.0718. The zero-order chi connectivity index (χ0) is 15.5. The second kappa shape index (κ2) is 6.60. The van der Waals surface area contributed by atoms with Gasteiger partial charge in [-0.25, -0.2) is 9.97 Å². The molecule has 21 heavy (non-hydrogen) atoms. The van der Waals surface area contributed by atoms with E-state index in [9.17, 15) is 0 Å². The van der Waals surface area contributed by atoms with Crippen molar-refractivity contribution < 1.29 is 4.42 Å². The lowest BCUT2D eigenvalue weighted by Gasteiger charge is -2.19. The summed E-state index contributed by atoms with van der Waals surface area (Å²) in [5, 5.41) is 3.43. The fourth-order valence-electron chi connectivity index (χ4n) is 1.97. The van der Waals surface area contributed by atoms with Gasteiger partial charge in [0.1, 0.15) is 22.0 Å². The van der Waals surface area contributed by atoms with E-state index in [0.717, 1.165) is 34.8 Å². The largest absolute Gasteiger partial charge is 0.469 e. The van der Waals surface area contributed by atoms with Crippen LogP contribution >= 0.6 is 15.9 Å². The molecular weight excluding hydrogens is 330 g/mol. The third kappa shape index (κ3) is 4.84. The molecule has 1 N–H and O–H groups in total. The van der Waals surface area contributed by atoms with Crippen molar-refractivity contribution in [3.63, 3.8) is 0 Å². The molecule has 2 rings (SSSR count). The molecule has 0 bridgehead atoms. The molecule has 4 nitrogen and oxygen atoms in total. The number of nitrogens with one attached hydrogen (secondary N) is 1. The van der Waals surface area contributed by atoms with E-state index < -0.39 is 0 Å². The number of halogens is 1. The van der Waals surface area contributed by atoms with Crippen LogP contribution in [0.5, 0.6) is 0 Å². The van der Waals surface area contributed by atoms with Crippen LogP contribution in [0, 0.1) is 0 Å². The second-order valence-corrected chi connectivity index (χ2v) is 7.13. The number of rotatable bonds is 5. The normalized spacial score (nSPS) is 13.2. The first-order chi connectivity index (χ1) is 9.84. The predicted molar refractivity (Wildman–Crippen MR) is 88.5 cm³/mol. The number of aryl methyl sites for hydroxylation is 1. The SMILES string of the molecule is CC(CCc1ccco1)Nc1cc(Br)nc(C(C)(C)C)n1. The van der Waals surface area contributed by atoms with Gasteiger partial charge in [0.15, 0.2) is 0 Å². The molecule has 1 unspecified atom stereocenters. The second-order valence-electron chi connectivity index (χ2n) is 6.31. The molecule has 114 valence electrons. The smallest absolute Gasteiger partial charge is 0.137 e. The molecule has 2 heterocycles. The summed E-state index contributed by atoms with van der Waals surface area (Å²) in [5.74, 6) is 2.70. The van der Waals surface area contributed by atoms with Crippen LogP contribution in [0.3, 0.4) is 0 Å². The standard InChI is InChI=1S/C16H22BrN3O/c1-11(7-8-12-6-5-9-21-12)18-14-10-13(17)19-15(20-14)16(2,3)4/h5-6,9-11H,7-8H2,1-4H3,(H,18,19,20). The number of furan rings is 1. The van der Waals surface area contributed by atoms with Crippen LogP contribution < -0.4 is 5.32 Å². The van der Waals surface area contributed by atoms with Crippen molar-refractivity contribution in [1.29, 1.82) is 0 Å². The van der Waals surface area contributed by atoms with Gasteiger partial charge in [0.2, 0.25) is 0 Å². The Bertz CT molecular complexity index is 576. The zero-order valence-electron chi connectivity index (χ0n) is 13.0. The maximum Gasteiger partial charge on any atom is 0.137 e. The van der Waals surface area contributed by atoms with Gasteiger partial charge in [-0.15, -0.1) is 0 Å². The number of hydrogen-bond acceptors (Lipinski definition) is 4. The minimum absolute atomic E-state index is 0.0718. The average molecular weight is 352 g/mol. The molecule has 0 aliphatic rings. The average Bonchev–Trinajstić information content (AvgIpc) is 2.87. The number of aromatic nitrogens is 2. The Morgan fingerprint density at radius 3 is 2.71 bits per heavy atom. The first-order valence-electron chi connectivity index (χ1n) is 7.18. The number of nitrogens with zero attached hydrogens (tertiary/aromatic N) is 2. The Kier molecular flexibility index (Phi) is 5.04. The Morgan fingerprint density at radius 2 is 2.10 bits per heavy atom. The molecule has 0 spiro atoms. The van der Waals surface area contributed by atoms with Gasteiger partial charge < -0.3 is 9.73 Å². The Morgan fingerprint density at radius 1 is 1.33 bits per heavy atom. The van der Waals surface area contributed by atoms with Crippen molar-refractivity contribution in [2.45, 2.75) is 52.0 Å². The van der Waals surface area contributed by atoms with Gasteiger partial charge in [-0.3, -0.25) is 0 Å². The highest BCUT2D eigenvalue weighted by Gasteiger charge is 2.19. The molecule has 2 aromatic heterocycles. The van der Waals surface area contributed by atoms with Gasteiger partial charge in [-0.1, -0.05) is 20.8 Å². The lowest BCUT2D eigenvalue weighted by atomic mass is 9.96. The molecule has 0 aliphatic heterocycles. The van der Waals surface area contributed by atoms with Crippen LogP contribution in [0.4, 0.5) is 5.82 Å². The van der Waals surface area contributed by atoms with Crippen molar-refractivity contribution in [3.05, 3.63) is 40.7 Å². The molecule has 5 heteroatoms. The first-order valence-corrected chi connectivity index (χ1v) is 7.98. The highest BCUT2D eigenvalue weighted by Crippen LogP contribution is 2.23. The maximum atomic E-state index is 5.36. The number of hydrogen-bond donors (Lipinski definition) is 1. The summed E-state index contributed by atoms with van der Waals surface area (Å²) < 4.78 is 6.16. The van der Waals surface area contributed by atoms with E-state index in [1.165, 1.54) is 0 Å². The molecule has 1 atom stereocenters. The highest BCUT2D eigenvalue weighted by molar-refractivity contribution is 9.10. The Labute approximate surface area is 134 Å². The van der Waals surface area contributed by atoms with Gasteiger partial charge in [0.05, 0.1) is 6.26 Å². The van der Waals surface area contributed by atoms with Gasteiger partial charge in [0.25, 0.3) is 0 Å². The molecule has 0 saturated heterocycles. The van der Waals surface area contributed by atoms with Crippen LogP contribution in [0.2, 0.25) is 0 Å². The lowest BCUT2D eigenvalue weighted by Crippen LogP contribution is -2.21. The summed E-state index contributed by atoms with van der Waals surface area (Å²) in [4.78, 5) is 9.06.